The number of halogens is 2. The summed E-state index contributed by atoms with van der Waals surface area (Å²) in [6, 6.07) is 7.07. The van der Waals surface area contributed by atoms with Gasteiger partial charge < -0.3 is 20.1 Å². The first-order valence-corrected chi connectivity index (χ1v) is 9.78. The average Bonchev–Trinajstić information content (AvgIpc) is 2.67. The Labute approximate surface area is 166 Å². The molecule has 2 rings (SSSR count). The lowest BCUT2D eigenvalue weighted by atomic mass is 10.0. The van der Waals surface area contributed by atoms with E-state index in [-0.39, 0.29) is 5.75 Å². The van der Waals surface area contributed by atoms with Gasteiger partial charge >= 0.3 is 6.61 Å². The zero-order valence-corrected chi connectivity index (χ0v) is 17.0. The Morgan fingerprint density at radius 2 is 2.00 bits per heavy atom. The summed E-state index contributed by atoms with van der Waals surface area (Å²) < 4.78 is 34.6. The summed E-state index contributed by atoms with van der Waals surface area (Å²) >= 11 is 0. The quantitative estimate of drug-likeness (QED) is 0.495. The van der Waals surface area contributed by atoms with E-state index in [9.17, 15) is 8.78 Å². The molecule has 1 unspecified atom stereocenters. The number of hydrogen-bond donors (Lipinski definition) is 2. The van der Waals surface area contributed by atoms with Crippen LogP contribution in [-0.4, -0.2) is 63.4 Å². The van der Waals surface area contributed by atoms with Crippen LogP contribution in [0.3, 0.4) is 0 Å². The standard InChI is InChI=1S/C20H32F2N4O2/c1-15(2)11-17(26-7-9-27-10-8-26)14-25-20(23-3)24-13-16-5-4-6-18(12-16)28-19(21)22/h4-6,12,15,17,19H,7-11,13-14H2,1-3H3,(H2,23,24,25). The number of morpholine rings is 1. The second-order valence-corrected chi connectivity index (χ2v) is 7.26. The molecule has 2 N–H and O–H groups in total. The Morgan fingerprint density at radius 1 is 1.25 bits per heavy atom. The maximum atomic E-state index is 12.4. The lowest BCUT2D eigenvalue weighted by Crippen LogP contribution is -2.50. The minimum atomic E-state index is -2.82. The first-order valence-electron chi connectivity index (χ1n) is 9.78. The van der Waals surface area contributed by atoms with Gasteiger partial charge in [0.15, 0.2) is 5.96 Å². The third-order valence-corrected chi connectivity index (χ3v) is 4.62. The first-order chi connectivity index (χ1) is 13.5. The summed E-state index contributed by atoms with van der Waals surface area (Å²) in [5.41, 5.74) is 0.841. The van der Waals surface area contributed by atoms with Gasteiger partial charge in [-0.15, -0.1) is 0 Å². The highest BCUT2D eigenvalue weighted by atomic mass is 19.3. The van der Waals surface area contributed by atoms with E-state index in [1.807, 2.05) is 6.07 Å². The molecular formula is C20H32F2N4O2. The normalized spacial score (nSPS) is 17.0. The van der Waals surface area contributed by atoms with Crippen molar-refractivity contribution in [2.45, 2.75) is 39.5 Å². The van der Waals surface area contributed by atoms with Crippen molar-refractivity contribution < 1.29 is 18.3 Å². The minimum absolute atomic E-state index is 0.154. The summed E-state index contributed by atoms with van der Waals surface area (Å²) in [6.07, 6.45) is 1.09. The van der Waals surface area contributed by atoms with Gasteiger partial charge in [0.2, 0.25) is 0 Å². The van der Waals surface area contributed by atoms with E-state index in [2.05, 4.69) is 39.1 Å². The van der Waals surface area contributed by atoms with Gasteiger partial charge in [0.05, 0.1) is 13.2 Å². The van der Waals surface area contributed by atoms with Crippen LogP contribution in [0.1, 0.15) is 25.8 Å². The monoisotopic (exact) mass is 398 g/mol. The Bertz CT molecular complexity index is 608. The van der Waals surface area contributed by atoms with Crippen molar-refractivity contribution in [3.05, 3.63) is 29.8 Å². The number of rotatable bonds is 9. The Balaban J connectivity index is 1.86. The van der Waals surface area contributed by atoms with Crippen molar-refractivity contribution in [3.8, 4) is 5.75 Å². The van der Waals surface area contributed by atoms with Gasteiger partial charge in [0, 0.05) is 39.3 Å². The number of hydrogen-bond acceptors (Lipinski definition) is 4. The SMILES string of the molecule is CN=C(NCc1cccc(OC(F)F)c1)NCC(CC(C)C)N1CCOCC1. The number of guanidine groups is 1. The Kier molecular flexibility index (Phi) is 9.43. The maximum absolute atomic E-state index is 12.4. The second-order valence-electron chi connectivity index (χ2n) is 7.26. The number of benzene rings is 1. The molecule has 1 heterocycles. The highest BCUT2D eigenvalue weighted by Gasteiger charge is 2.22. The minimum Gasteiger partial charge on any atom is -0.435 e. The van der Waals surface area contributed by atoms with Crippen molar-refractivity contribution in [2.24, 2.45) is 10.9 Å². The molecule has 0 amide bonds. The van der Waals surface area contributed by atoms with Gasteiger partial charge in [-0.1, -0.05) is 26.0 Å². The second kappa shape index (κ2) is 11.8. The predicted molar refractivity (Wildman–Crippen MR) is 107 cm³/mol. The fourth-order valence-electron chi connectivity index (χ4n) is 3.30. The molecule has 6 nitrogen and oxygen atoms in total. The largest absolute Gasteiger partial charge is 0.435 e. The molecule has 1 aromatic carbocycles. The number of nitrogens with one attached hydrogen (secondary N) is 2. The van der Waals surface area contributed by atoms with E-state index in [0.29, 0.717) is 24.5 Å². The zero-order chi connectivity index (χ0) is 20.4. The molecule has 0 spiro atoms. The topological polar surface area (TPSA) is 58.1 Å². The van der Waals surface area contributed by atoms with Crippen LogP contribution in [0.4, 0.5) is 8.78 Å². The van der Waals surface area contributed by atoms with Gasteiger partial charge in [0.25, 0.3) is 0 Å². The molecule has 0 saturated carbocycles. The Morgan fingerprint density at radius 3 is 2.64 bits per heavy atom. The highest BCUT2D eigenvalue weighted by Crippen LogP contribution is 2.16. The van der Waals surface area contributed by atoms with Crippen LogP contribution in [0.2, 0.25) is 0 Å². The first kappa shape index (κ1) is 22.4. The van der Waals surface area contributed by atoms with E-state index < -0.39 is 6.61 Å². The van der Waals surface area contributed by atoms with Crippen molar-refractivity contribution in [2.75, 3.05) is 39.9 Å². The zero-order valence-electron chi connectivity index (χ0n) is 17.0. The molecule has 1 fully saturated rings. The van der Waals surface area contributed by atoms with Gasteiger partial charge in [-0.25, -0.2) is 0 Å². The summed E-state index contributed by atoms with van der Waals surface area (Å²) in [7, 11) is 1.72. The van der Waals surface area contributed by atoms with Crippen LogP contribution >= 0.6 is 0 Å². The molecule has 8 heteroatoms. The predicted octanol–water partition coefficient (Wildman–Crippen LogP) is 2.70. The molecule has 1 aromatic rings. The molecule has 0 radical (unpaired) electrons. The molecule has 1 saturated heterocycles. The summed E-state index contributed by atoms with van der Waals surface area (Å²) in [4.78, 5) is 6.74. The summed E-state index contributed by atoms with van der Waals surface area (Å²) in [6.45, 7) is 6.33. The number of alkyl halides is 2. The summed E-state index contributed by atoms with van der Waals surface area (Å²) in [5, 5.41) is 6.62. The molecule has 1 atom stereocenters. The molecule has 0 aliphatic carbocycles. The van der Waals surface area contributed by atoms with Crippen LogP contribution < -0.4 is 15.4 Å². The number of nitrogens with zero attached hydrogens (tertiary/aromatic N) is 2. The van der Waals surface area contributed by atoms with E-state index in [0.717, 1.165) is 44.8 Å². The molecule has 1 aliphatic rings. The van der Waals surface area contributed by atoms with Crippen molar-refractivity contribution >= 4 is 5.96 Å². The van der Waals surface area contributed by atoms with Crippen LogP contribution in [0.25, 0.3) is 0 Å². The van der Waals surface area contributed by atoms with Gasteiger partial charge in [-0.2, -0.15) is 8.78 Å². The maximum Gasteiger partial charge on any atom is 0.387 e. The van der Waals surface area contributed by atoms with Crippen molar-refractivity contribution in [1.82, 2.24) is 15.5 Å². The smallest absolute Gasteiger partial charge is 0.387 e. The van der Waals surface area contributed by atoms with E-state index >= 15 is 0 Å². The van der Waals surface area contributed by atoms with Gasteiger partial charge in [0.1, 0.15) is 5.75 Å². The van der Waals surface area contributed by atoms with Gasteiger partial charge in [-0.3, -0.25) is 9.89 Å². The molecule has 1 aliphatic heterocycles. The number of ether oxygens (including phenoxy) is 2. The van der Waals surface area contributed by atoms with E-state index in [4.69, 9.17) is 4.74 Å². The van der Waals surface area contributed by atoms with Crippen LogP contribution in [0, 0.1) is 5.92 Å². The fourth-order valence-corrected chi connectivity index (χ4v) is 3.30. The molecule has 28 heavy (non-hydrogen) atoms. The molecule has 158 valence electrons. The summed E-state index contributed by atoms with van der Waals surface area (Å²) in [5.74, 6) is 1.44. The number of aliphatic imine (C=N–C) groups is 1. The lowest BCUT2D eigenvalue weighted by molar-refractivity contribution is -0.0498. The van der Waals surface area contributed by atoms with Crippen LogP contribution in [0.15, 0.2) is 29.3 Å². The molecule has 0 bridgehead atoms. The average molecular weight is 398 g/mol. The van der Waals surface area contributed by atoms with Gasteiger partial charge in [-0.05, 0) is 30.0 Å². The highest BCUT2D eigenvalue weighted by molar-refractivity contribution is 5.79. The molecule has 0 aromatic heterocycles. The third-order valence-electron chi connectivity index (χ3n) is 4.62. The van der Waals surface area contributed by atoms with Crippen molar-refractivity contribution in [1.29, 1.82) is 0 Å². The Hall–Kier alpha value is -1.93. The third kappa shape index (κ3) is 7.98. The van der Waals surface area contributed by atoms with Crippen LogP contribution in [-0.2, 0) is 11.3 Å². The lowest BCUT2D eigenvalue weighted by Gasteiger charge is -2.35. The van der Waals surface area contributed by atoms with Crippen molar-refractivity contribution in [3.63, 3.8) is 0 Å². The van der Waals surface area contributed by atoms with E-state index in [1.165, 1.54) is 6.07 Å². The van der Waals surface area contributed by atoms with E-state index in [1.54, 1.807) is 19.2 Å². The molecular weight excluding hydrogens is 366 g/mol. The fraction of sp³-hybridized carbons (Fsp3) is 0.650. The van der Waals surface area contributed by atoms with Crippen LogP contribution in [0.5, 0.6) is 5.75 Å².